The number of rotatable bonds is 6. The van der Waals surface area contributed by atoms with Crippen LogP contribution in [0.5, 0.6) is 0 Å². The van der Waals surface area contributed by atoms with E-state index in [1.807, 2.05) is 60.2 Å². The molecule has 0 radical (unpaired) electrons. The first kappa shape index (κ1) is 23.0. The van der Waals surface area contributed by atoms with E-state index in [0.717, 1.165) is 29.4 Å². The number of amides is 1. The van der Waals surface area contributed by atoms with Gasteiger partial charge in [-0.3, -0.25) is 14.6 Å². The third kappa shape index (κ3) is 4.76. The van der Waals surface area contributed by atoms with Crippen LogP contribution in [-0.2, 0) is 11.3 Å². The molecule has 1 fully saturated rings. The van der Waals surface area contributed by atoms with E-state index in [1.54, 1.807) is 0 Å². The molecule has 1 amide bonds. The lowest BCUT2D eigenvalue weighted by Gasteiger charge is -2.31. The minimum absolute atomic E-state index is 0.138. The number of aromatic nitrogens is 2. The molecule has 0 spiro atoms. The van der Waals surface area contributed by atoms with Crippen molar-refractivity contribution in [2.24, 2.45) is 11.8 Å². The number of hydrogen-bond donors (Lipinski definition) is 2. The minimum atomic E-state index is -0.746. The molecular formula is C28H28FN3O3. The van der Waals surface area contributed by atoms with Gasteiger partial charge in [-0.25, -0.2) is 4.39 Å². The molecule has 1 unspecified atom stereocenters. The number of nitrogens with one attached hydrogen (secondary N) is 1. The zero-order valence-electron chi connectivity index (χ0n) is 19.6. The molecule has 1 aliphatic carbocycles. The van der Waals surface area contributed by atoms with E-state index < -0.39 is 11.8 Å². The first-order valence-corrected chi connectivity index (χ1v) is 12.1. The SMILES string of the molecule is CC(NC(=O)c1cc(F)cc2ccn(Cc3ccc4ccccc4n3)c12)[C@H]1CC[C@H](C(=O)O)CC1. The highest BCUT2D eigenvalue weighted by molar-refractivity contribution is 6.06. The lowest BCUT2D eigenvalue weighted by atomic mass is 9.79. The molecule has 35 heavy (non-hydrogen) atoms. The predicted molar refractivity (Wildman–Crippen MR) is 133 cm³/mol. The Labute approximate surface area is 202 Å². The lowest BCUT2D eigenvalue weighted by Crippen LogP contribution is -2.40. The number of pyridine rings is 1. The summed E-state index contributed by atoms with van der Waals surface area (Å²) in [7, 11) is 0. The number of hydrogen-bond acceptors (Lipinski definition) is 3. The second-order valence-corrected chi connectivity index (χ2v) is 9.54. The summed E-state index contributed by atoms with van der Waals surface area (Å²) in [5.74, 6) is -1.63. The number of nitrogens with zero attached hydrogens (tertiary/aromatic N) is 2. The Kier molecular flexibility index (Phi) is 6.24. The number of halogens is 1. The van der Waals surface area contributed by atoms with Crippen LogP contribution in [0.4, 0.5) is 4.39 Å². The van der Waals surface area contributed by atoms with Crippen LogP contribution in [0.2, 0.25) is 0 Å². The van der Waals surface area contributed by atoms with Gasteiger partial charge in [0, 0.05) is 23.0 Å². The third-order valence-electron chi connectivity index (χ3n) is 7.25. The molecular weight excluding hydrogens is 445 g/mol. The molecule has 0 aliphatic heterocycles. The molecule has 2 aromatic carbocycles. The van der Waals surface area contributed by atoms with E-state index in [2.05, 4.69) is 5.32 Å². The van der Waals surface area contributed by atoms with Gasteiger partial charge in [-0.05, 0) is 68.9 Å². The van der Waals surface area contributed by atoms with Crippen molar-refractivity contribution in [1.29, 1.82) is 0 Å². The van der Waals surface area contributed by atoms with Gasteiger partial charge in [0.15, 0.2) is 0 Å². The monoisotopic (exact) mass is 473 g/mol. The van der Waals surface area contributed by atoms with Crippen molar-refractivity contribution in [3.8, 4) is 0 Å². The van der Waals surface area contributed by atoms with Crippen molar-refractivity contribution < 1.29 is 19.1 Å². The number of carboxylic acid groups (broad SMARTS) is 1. The van der Waals surface area contributed by atoms with E-state index in [9.17, 15) is 19.1 Å². The number of para-hydroxylation sites is 1. The maximum atomic E-state index is 14.4. The topological polar surface area (TPSA) is 84.2 Å². The summed E-state index contributed by atoms with van der Waals surface area (Å²) >= 11 is 0. The van der Waals surface area contributed by atoms with Crippen molar-refractivity contribution in [1.82, 2.24) is 14.9 Å². The van der Waals surface area contributed by atoms with Crippen molar-refractivity contribution in [3.05, 3.63) is 77.9 Å². The smallest absolute Gasteiger partial charge is 0.306 e. The fourth-order valence-corrected chi connectivity index (χ4v) is 5.26. The van der Waals surface area contributed by atoms with Crippen LogP contribution >= 0.6 is 0 Å². The van der Waals surface area contributed by atoms with Crippen molar-refractivity contribution >= 4 is 33.7 Å². The zero-order chi connectivity index (χ0) is 24.5. The Morgan fingerprint density at radius 3 is 2.63 bits per heavy atom. The normalized spacial score (nSPS) is 19.0. The fourth-order valence-electron chi connectivity index (χ4n) is 5.26. The van der Waals surface area contributed by atoms with Crippen LogP contribution in [0.25, 0.3) is 21.8 Å². The molecule has 2 heterocycles. The molecule has 4 aromatic rings. The van der Waals surface area contributed by atoms with Crippen LogP contribution in [0, 0.1) is 17.7 Å². The van der Waals surface area contributed by atoms with Gasteiger partial charge in [0.1, 0.15) is 5.82 Å². The quantitative estimate of drug-likeness (QED) is 0.393. The highest BCUT2D eigenvalue weighted by atomic mass is 19.1. The average molecular weight is 474 g/mol. The van der Waals surface area contributed by atoms with Gasteiger partial charge in [-0.1, -0.05) is 24.3 Å². The molecule has 1 saturated carbocycles. The maximum Gasteiger partial charge on any atom is 0.306 e. The van der Waals surface area contributed by atoms with Gasteiger partial charge in [0.25, 0.3) is 5.91 Å². The Morgan fingerprint density at radius 2 is 1.86 bits per heavy atom. The van der Waals surface area contributed by atoms with Gasteiger partial charge in [0.2, 0.25) is 0 Å². The second kappa shape index (κ2) is 9.49. The summed E-state index contributed by atoms with van der Waals surface area (Å²) in [5, 5.41) is 14.0. The van der Waals surface area contributed by atoms with Crippen LogP contribution in [-0.4, -0.2) is 32.6 Å². The third-order valence-corrected chi connectivity index (χ3v) is 7.25. The molecule has 0 bridgehead atoms. The fraction of sp³-hybridized carbons (Fsp3) is 0.321. The number of carbonyl (C=O) groups excluding carboxylic acids is 1. The summed E-state index contributed by atoms with van der Waals surface area (Å²) < 4.78 is 16.4. The molecule has 180 valence electrons. The van der Waals surface area contributed by atoms with E-state index in [0.29, 0.717) is 30.3 Å². The van der Waals surface area contributed by atoms with Gasteiger partial charge >= 0.3 is 5.97 Å². The van der Waals surface area contributed by atoms with Gasteiger partial charge < -0.3 is 15.0 Å². The van der Waals surface area contributed by atoms with Gasteiger partial charge in [-0.15, -0.1) is 0 Å². The standard InChI is InChI=1S/C28H28FN3O3/c1-17(18-6-8-20(9-7-18)28(34)35)30-27(33)24-15-22(29)14-21-12-13-32(26(21)24)16-23-11-10-19-4-2-3-5-25(19)31-23/h2-5,10-15,17-18,20H,6-9,16H2,1H3,(H,30,33)(H,34,35)/t17?,18-,20-. The maximum absolute atomic E-state index is 14.4. The van der Waals surface area contributed by atoms with Crippen LogP contribution in [0.1, 0.15) is 48.7 Å². The largest absolute Gasteiger partial charge is 0.481 e. The minimum Gasteiger partial charge on any atom is -0.481 e. The second-order valence-electron chi connectivity index (χ2n) is 9.54. The molecule has 7 heteroatoms. The summed E-state index contributed by atoms with van der Waals surface area (Å²) in [5.41, 5.74) is 2.70. The molecule has 0 saturated heterocycles. The van der Waals surface area contributed by atoms with Crippen molar-refractivity contribution in [2.45, 2.75) is 45.2 Å². The average Bonchev–Trinajstić information content (AvgIpc) is 3.25. The summed E-state index contributed by atoms with van der Waals surface area (Å²) in [6, 6.07) is 16.3. The van der Waals surface area contributed by atoms with Crippen molar-refractivity contribution in [3.63, 3.8) is 0 Å². The Morgan fingerprint density at radius 1 is 1.09 bits per heavy atom. The Hall–Kier alpha value is -3.74. The van der Waals surface area contributed by atoms with E-state index >= 15 is 0 Å². The predicted octanol–water partition coefficient (Wildman–Crippen LogP) is 5.39. The number of benzene rings is 2. The van der Waals surface area contributed by atoms with E-state index in [-0.39, 0.29) is 29.3 Å². The summed E-state index contributed by atoms with van der Waals surface area (Å²) in [4.78, 5) is 29.3. The van der Waals surface area contributed by atoms with Crippen LogP contribution in [0.3, 0.4) is 0 Å². The van der Waals surface area contributed by atoms with E-state index in [1.165, 1.54) is 12.1 Å². The number of carboxylic acids is 1. The Balaban J connectivity index is 1.39. The number of aliphatic carboxylic acids is 1. The zero-order valence-corrected chi connectivity index (χ0v) is 19.6. The lowest BCUT2D eigenvalue weighted by molar-refractivity contribution is -0.143. The van der Waals surface area contributed by atoms with Crippen molar-refractivity contribution in [2.75, 3.05) is 0 Å². The summed E-state index contributed by atoms with van der Waals surface area (Å²) in [6.45, 7) is 2.40. The van der Waals surface area contributed by atoms with E-state index in [4.69, 9.17) is 4.98 Å². The number of fused-ring (bicyclic) bond motifs is 2. The molecule has 1 atom stereocenters. The Bertz CT molecular complexity index is 1410. The van der Waals surface area contributed by atoms with Gasteiger partial charge in [-0.2, -0.15) is 0 Å². The van der Waals surface area contributed by atoms with Gasteiger partial charge in [0.05, 0.1) is 34.8 Å². The highest BCUT2D eigenvalue weighted by Gasteiger charge is 2.30. The van der Waals surface area contributed by atoms with Crippen LogP contribution in [0.15, 0.2) is 60.8 Å². The van der Waals surface area contributed by atoms with Crippen LogP contribution < -0.4 is 5.32 Å². The first-order chi connectivity index (χ1) is 16.9. The molecule has 2 N–H and O–H groups in total. The highest BCUT2D eigenvalue weighted by Crippen LogP contribution is 2.31. The first-order valence-electron chi connectivity index (χ1n) is 12.1. The summed E-state index contributed by atoms with van der Waals surface area (Å²) in [6.07, 6.45) is 4.59. The molecule has 2 aromatic heterocycles. The number of carbonyl (C=O) groups is 2. The molecule has 1 aliphatic rings. The molecule has 5 rings (SSSR count). The molecule has 6 nitrogen and oxygen atoms in total.